The van der Waals surface area contributed by atoms with Crippen molar-refractivity contribution < 1.29 is 9.47 Å². The number of hydrogen-bond acceptors (Lipinski definition) is 9. The number of aromatic nitrogens is 4. The number of nitrogen functional groups attached to an aromatic ring is 1. The Balaban J connectivity index is 1.35. The molecule has 0 bridgehead atoms. The summed E-state index contributed by atoms with van der Waals surface area (Å²) in [5, 5.41) is 0.818. The van der Waals surface area contributed by atoms with Gasteiger partial charge in [0.1, 0.15) is 17.8 Å². The molecule has 0 unspecified atom stereocenters. The van der Waals surface area contributed by atoms with E-state index in [1.807, 2.05) is 18.2 Å². The van der Waals surface area contributed by atoms with E-state index in [0.29, 0.717) is 11.3 Å². The van der Waals surface area contributed by atoms with Crippen LogP contribution in [0.4, 0.5) is 5.82 Å². The molecule has 9 nitrogen and oxygen atoms in total. The number of nitrogens with zero attached hydrogens (tertiary/aromatic N) is 6. The van der Waals surface area contributed by atoms with E-state index in [2.05, 4.69) is 24.3 Å². The van der Waals surface area contributed by atoms with Crippen LogP contribution in [0, 0.1) is 0 Å². The molecular formula is C24H33N7O2S. The highest BCUT2D eigenvalue weighted by Crippen LogP contribution is 2.38. The zero-order chi connectivity index (χ0) is 23.5. The lowest BCUT2D eigenvalue weighted by atomic mass is 10.2. The molecule has 1 aliphatic heterocycles. The number of rotatable bonds is 8. The van der Waals surface area contributed by atoms with Crippen molar-refractivity contribution in [1.82, 2.24) is 29.3 Å². The zero-order valence-corrected chi connectivity index (χ0v) is 20.8. The third kappa shape index (κ3) is 4.80. The quantitative estimate of drug-likeness (QED) is 0.518. The summed E-state index contributed by atoms with van der Waals surface area (Å²) in [5.41, 5.74) is 7.55. The van der Waals surface area contributed by atoms with Crippen LogP contribution in [0.15, 0.2) is 34.6 Å². The molecule has 0 amide bonds. The van der Waals surface area contributed by atoms with Crippen molar-refractivity contribution in [3.05, 3.63) is 24.5 Å². The molecule has 1 aliphatic carbocycles. The first kappa shape index (κ1) is 23.2. The topological polar surface area (TPSA) is 94.6 Å². The molecule has 1 saturated carbocycles. The van der Waals surface area contributed by atoms with E-state index < -0.39 is 0 Å². The lowest BCUT2D eigenvalue weighted by Gasteiger charge is -2.38. The standard InChI is InChI=1S/C24H33N7O2S/c1-32-18-7-8-19(33-2)20(15-18)34-24-28-21-22(25)26-16-27-23(21)31(24)14-11-29-9-12-30(13-10-29)17-5-3-4-6-17/h7-8,15-17H,3-6,9-14H2,1-2H3,(H2,25,26,27). The predicted molar refractivity (Wildman–Crippen MR) is 134 cm³/mol. The lowest BCUT2D eigenvalue weighted by molar-refractivity contribution is 0.0954. The van der Waals surface area contributed by atoms with Gasteiger partial charge in [0.05, 0.1) is 19.1 Å². The van der Waals surface area contributed by atoms with Gasteiger partial charge in [0.15, 0.2) is 22.1 Å². The van der Waals surface area contributed by atoms with Crippen molar-refractivity contribution in [2.75, 3.05) is 52.7 Å². The third-order valence-corrected chi connectivity index (χ3v) is 8.02. The molecular weight excluding hydrogens is 450 g/mol. The summed E-state index contributed by atoms with van der Waals surface area (Å²) in [7, 11) is 3.33. The van der Waals surface area contributed by atoms with Gasteiger partial charge in [-0.1, -0.05) is 12.8 Å². The van der Waals surface area contributed by atoms with Gasteiger partial charge in [0.2, 0.25) is 0 Å². The van der Waals surface area contributed by atoms with Gasteiger partial charge < -0.3 is 19.8 Å². The van der Waals surface area contributed by atoms with E-state index in [1.165, 1.54) is 43.8 Å². The van der Waals surface area contributed by atoms with Crippen LogP contribution in [0.2, 0.25) is 0 Å². The smallest absolute Gasteiger partial charge is 0.175 e. The first-order valence-electron chi connectivity index (χ1n) is 12.0. The first-order valence-corrected chi connectivity index (χ1v) is 12.8. The second kappa shape index (κ2) is 10.4. The van der Waals surface area contributed by atoms with E-state index in [1.54, 1.807) is 14.2 Å². The molecule has 2 aromatic heterocycles. The minimum atomic E-state index is 0.397. The Hall–Kier alpha value is -2.56. The number of piperazine rings is 1. The molecule has 2 fully saturated rings. The van der Waals surface area contributed by atoms with Crippen molar-refractivity contribution in [3.63, 3.8) is 0 Å². The van der Waals surface area contributed by atoms with Crippen molar-refractivity contribution in [2.45, 2.75) is 48.3 Å². The van der Waals surface area contributed by atoms with Gasteiger partial charge in [-0.25, -0.2) is 15.0 Å². The molecule has 1 saturated heterocycles. The number of anilines is 1. The average molecular weight is 484 g/mol. The fourth-order valence-corrected chi connectivity index (χ4v) is 6.09. The Kier molecular flexibility index (Phi) is 7.07. The Bertz CT molecular complexity index is 1120. The Morgan fingerprint density at radius 2 is 1.82 bits per heavy atom. The van der Waals surface area contributed by atoms with Crippen LogP contribution in [-0.4, -0.2) is 82.3 Å². The van der Waals surface area contributed by atoms with Crippen LogP contribution in [-0.2, 0) is 6.54 Å². The van der Waals surface area contributed by atoms with Crippen LogP contribution in [0.25, 0.3) is 11.2 Å². The molecule has 3 aromatic rings. The van der Waals surface area contributed by atoms with E-state index >= 15 is 0 Å². The van der Waals surface area contributed by atoms with Gasteiger partial charge in [0.25, 0.3) is 0 Å². The van der Waals surface area contributed by atoms with Gasteiger partial charge in [-0.15, -0.1) is 0 Å². The molecule has 1 aromatic carbocycles. The normalized spacial score (nSPS) is 18.1. The summed E-state index contributed by atoms with van der Waals surface area (Å²) in [6.07, 6.45) is 7.04. The van der Waals surface area contributed by atoms with Crippen LogP contribution < -0.4 is 15.2 Å². The average Bonchev–Trinajstić information content (AvgIpc) is 3.52. The molecule has 0 spiro atoms. The number of ether oxygens (including phenoxy) is 2. The molecule has 2 N–H and O–H groups in total. The van der Waals surface area contributed by atoms with Crippen molar-refractivity contribution >= 4 is 28.7 Å². The number of fused-ring (bicyclic) bond motifs is 1. The van der Waals surface area contributed by atoms with Gasteiger partial charge in [-0.05, 0) is 42.8 Å². The number of methoxy groups -OCH3 is 2. The Labute approximate surface area is 204 Å². The fraction of sp³-hybridized carbons (Fsp3) is 0.542. The van der Waals surface area contributed by atoms with Crippen molar-refractivity contribution in [3.8, 4) is 11.5 Å². The number of nitrogens with two attached hydrogens (primary N) is 1. The molecule has 10 heteroatoms. The highest BCUT2D eigenvalue weighted by Gasteiger charge is 2.26. The molecule has 34 heavy (non-hydrogen) atoms. The minimum absolute atomic E-state index is 0.397. The summed E-state index contributed by atoms with van der Waals surface area (Å²) >= 11 is 1.53. The van der Waals surface area contributed by atoms with Gasteiger partial charge in [-0.2, -0.15) is 0 Å². The first-order chi connectivity index (χ1) is 16.7. The van der Waals surface area contributed by atoms with Gasteiger partial charge >= 0.3 is 0 Å². The molecule has 182 valence electrons. The van der Waals surface area contributed by atoms with E-state index in [4.69, 9.17) is 20.2 Å². The molecule has 3 heterocycles. The third-order valence-electron chi connectivity index (χ3n) is 6.99. The lowest BCUT2D eigenvalue weighted by Crippen LogP contribution is -2.50. The number of benzene rings is 1. The maximum atomic E-state index is 6.15. The Morgan fingerprint density at radius 3 is 2.56 bits per heavy atom. The van der Waals surface area contributed by atoms with Crippen molar-refractivity contribution in [2.24, 2.45) is 0 Å². The van der Waals surface area contributed by atoms with Gasteiger partial charge in [0, 0.05) is 45.3 Å². The van der Waals surface area contributed by atoms with E-state index in [-0.39, 0.29) is 0 Å². The summed E-state index contributed by atoms with van der Waals surface area (Å²) in [6.45, 7) is 6.25. The summed E-state index contributed by atoms with van der Waals surface area (Å²) in [5.74, 6) is 1.94. The predicted octanol–water partition coefficient (Wildman–Crippen LogP) is 3.14. The van der Waals surface area contributed by atoms with Crippen LogP contribution in [0.3, 0.4) is 0 Å². The molecule has 0 atom stereocenters. The summed E-state index contributed by atoms with van der Waals surface area (Å²) < 4.78 is 13.2. The summed E-state index contributed by atoms with van der Waals surface area (Å²) in [6, 6.07) is 6.57. The molecule has 2 aliphatic rings. The van der Waals surface area contributed by atoms with Crippen molar-refractivity contribution in [1.29, 1.82) is 0 Å². The second-order valence-corrected chi connectivity index (χ2v) is 9.92. The molecule has 0 radical (unpaired) electrons. The van der Waals surface area contributed by atoms with E-state index in [0.717, 1.165) is 72.5 Å². The Morgan fingerprint density at radius 1 is 1.03 bits per heavy atom. The maximum absolute atomic E-state index is 6.15. The highest BCUT2D eigenvalue weighted by molar-refractivity contribution is 7.99. The minimum Gasteiger partial charge on any atom is -0.497 e. The SMILES string of the molecule is COc1ccc(OC)c(Sc2nc3c(N)ncnc3n2CCN2CCN(C3CCCC3)CC2)c1. The number of imidazole rings is 1. The largest absolute Gasteiger partial charge is 0.497 e. The van der Waals surface area contributed by atoms with Crippen LogP contribution in [0.5, 0.6) is 11.5 Å². The van der Waals surface area contributed by atoms with Crippen LogP contribution in [0.1, 0.15) is 25.7 Å². The second-order valence-electron chi connectivity index (χ2n) is 8.91. The monoisotopic (exact) mass is 483 g/mol. The van der Waals surface area contributed by atoms with Crippen LogP contribution >= 0.6 is 11.8 Å². The maximum Gasteiger partial charge on any atom is 0.175 e. The zero-order valence-electron chi connectivity index (χ0n) is 19.9. The van der Waals surface area contributed by atoms with E-state index in [9.17, 15) is 0 Å². The van der Waals surface area contributed by atoms with Gasteiger partial charge in [-0.3, -0.25) is 9.80 Å². The number of hydrogen-bond donors (Lipinski definition) is 1. The fourth-order valence-electron chi connectivity index (χ4n) is 5.04. The molecule has 5 rings (SSSR count). The highest BCUT2D eigenvalue weighted by atomic mass is 32.2. The summed E-state index contributed by atoms with van der Waals surface area (Å²) in [4.78, 5) is 19.7.